The molecule has 3 atom stereocenters. The minimum Gasteiger partial charge on any atom is -0.372 e. The topological polar surface area (TPSA) is 27.7 Å². The molecule has 3 fully saturated rings. The molecule has 2 aliphatic heterocycles. The van der Waals surface area contributed by atoms with Gasteiger partial charge in [-0.05, 0) is 39.2 Å². The minimum atomic E-state index is 0.468. The molecule has 4 nitrogen and oxygen atoms in total. The number of piperazine rings is 1. The van der Waals surface area contributed by atoms with Gasteiger partial charge in [0.2, 0.25) is 0 Å². The third kappa shape index (κ3) is 3.94. The molecule has 4 heteroatoms. The van der Waals surface area contributed by atoms with Crippen molar-refractivity contribution in [3.05, 3.63) is 0 Å². The van der Waals surface area contributed by atoms with Gasteiger partial charge in [-0.2, -0.15) is 0 Å². The molecule has 0 aromatic heterocycles. The Morgan fingerprint density at radius 1 is 1.10 bits per heavy atom. The van der Waals surface area contributed by atoms with Crippen molar-refractivity contribution in [2.75, 3.05) is 39.3 Å². The number of ether oxygens (including phenoxy) is 1. The van der Waals surface area contributed by atoms with Crippen LogP contribution in [0.5, 0.6) is 0 Å². The van der Waals surface area contributed by atoms with Gasteiger partial charge in [0.15, 0.2) is 0 Å². The number of rotatable bonds is 6. The van der Waals surface area contributed by atoms with Crippen molar-refractivity contribution in [2.24, 2.45) is 0 Å². The summed E-state index contributed by atoms with van der Waals surface area (Å²) in [6, 6.07) is 1.50. The van der Waals surface area contributed by atoms with E-state index in [1.54, 1.807) is 0 Å². The molecule has 0 bridgehead atoms. The van der Waals surface area contributed by atoms with Crippen LogP contribution in [0.1, 0.15) is 39.5 Å². The zero-order chi connectivity index (χ0) is 13.9. The lowest BCUT2D eigenvalue weighted by Gasteiger charge is -2.40. The number of hydrogen-bond donors (Lipinski definition) is 1. The number of hydrogen-bond acceptors (Lipinski definition) is 4. The molecule has 3 rings (SSSR count). The molecule has 116 valence electrons. The van der Waals surface area contributed by atoms with Crippen molar-refractivity contribution < 1.29 is 4.74 Å². The Morgan fingerprint density at radius 2 is 1.90 bits per heavy atom. The Balaban J connectivity index is 1.36. The average molecular weight is 281 g/mol. The van der Waals surface area contributed by atoms with Gasteiger partial charge in [0.05, 0.1) is 12.2 Å². The highest BCUT2D eigenvalue weighted by molar-refractivity contribution is 4.86. The van der Waals surface area contributed by atoms with Crippen molar-refractivity contribution in [1.29, 1.82) is 0 Å². The lowest BCUT2D eigenvalue weighted by Crippen LogP contribution is -2.53. The van der Waals surface area contributed by atoms with Crippen LogP contribution < -0.4 is 5.32 Å². The molecule has 0 aromatic rings. The number of nitrogens with one attached hydrogen (secondary N) is 1. The molecular weight excluding hydrogens is 250 g/mol. The molecule has 2 heterocycles. The summed E-state index contributed by atoms with van der Waals surface area (Å²) in [7, 11) is 0. The van der Waals surface area contributed by atoms with E-state index < -0.39 is 0 Å². The first-order valence-corrected chi connectivity index (χ1v) is 8.60. The van der Waals surface area contributed by atoms with E-state index in [1.807, 2.05) is 0 Å². The van der Waals surface area contributed by atoms with E-state index in [9.17, 15) is 0 Å². The van der Waals surface area contributed by atoms with Crippen LogP contribution in [0.25, 0.3) is 0 Å². The molecule has 1 aliphatic carbocycles. The molecule has 0 radical (unpaired) electrons. The summed E-state index contributed by atoms with van der Waals surface area (Å²) in [5.41, 5.74) is 0. The van der Waals surface area contributed by atoms with Crippen LogP contribution in [0.15, 0.2) is 0 Å². The van der Waals surface area contributed by atoms with E-state index in [2.05, 4.69) is 29.0 Å². The SMILES string of the molecule is CCN1CCN(CC2CCC(CNC3CC3)O2)CC1C. The summed E-state index contributed by atoms with van der Waals surface area (Å²) < 4.78 is 6.21. The predicted molar refractivity (Wildman–Crippen MR) is 82.1 cm³/mol. The highest BCUT2D eigenvalue weighted by atomic mass is 16.5. The fourth-order valence-corrected chi connectivity index (χ4v) is 3.64. The van der Waals surface area contributed by atoms with Crippen LogP contribution in [0.2, 0.25) is 0 Å². The maximum absolute atomic E-state index is 6.21. The van der Waals surface area contributed by atoms with E-state index in [0.717, 1.165) is 19.1 Å². The molecule has 0 amide bonds. The molecule has 0 spiro atoms. The van der Waals surface area contributed by atoms with E-state index in [0.29, 0.717) is 18.2 Å². The summed E-state index contributed by atoms with van der Waals surface area (Å²) in [5.74, 6) is 0. The van der Waals surface area contributed by atoms with Gasteiger partial charge in [-0.3, -0.25) is 9.80 Å². The smallest absolute Gasteiger partial charge is 0.0707 e. The van der Waals surface area contributed by atoms with Crippen LogP contribution in [-0.4, -0.2) is 73.4 Å². The lowest BCUT2D eigenvalue weighted by molar-refractivity contribution is 0.00407. The molecule has 2 saturated heterocycles. The van der Waals surface area contributed by atoms with Crippen molar-refractivity contribution >= 4 is 0 Å². The van der Waals surface area contributed by atoms with Crippen LogP contribution >= 0.6 is 0 Å². The Bertz CT molecular complexity index is 308. The van der Waals surface area contributed by atoms with E-state index in [4.69, 9.17) is 4.74 Å². The monoisotopic (exact) mass is 281 g/mol. The predicted octanol–water partition coefficient (Wildman–Crippen LogP) is 1.31. The maximum atomic E-state index is 6.21. The highest BCUT2D eigenvalue weighted by Gasteiger charge is 2.30. The fourth-order valence-electron chi connectivity index (χ4n) is 3.64. The molecular formula is C16H31N3O. The standard InChI is InChI=1S/C16H31N3O/c1-3-19-9-8-18(11-13(19)2)12-16-7-6-15(20-16)10-17-14-4-5-14/h13-17H,3-12H2,1-2H3. The van der Waals surface area contributed by atoms with E-state index in [-0.39, 0.29) is 0 Å². The third-order valence-electron chi connectivity index (χ3n) is 5.12. The normalized spacial score (nSPS) is 36.6. The Morgan fingerprint density at radius 3 is 2.60 bits per heavy atom. The average Bonchev–Trinajstić information content (AvgIpc) is 3.17. The molecule has 20 heavy (non-hydrogen) atoms. The molecule has 1 saturated carbocycles. The van der Waals surface area contributed by atoms with Gasteiger partial charge >= 0.3 is 0 Å². The molecule has 3 unspecified atom stereocenters. The third-order valence-corrected chi connectivity index (χ3v) is 5.12. The first-order valence-electron chi connectivity index (χ1n) is 8.60. The fraction of sp³-hybridized carbons (Fsp3) is 1.00. The Hall–Kier alpha value is -0.160. The number of likely N-dealkylation sites (N-methyl/N-ethyl adjacent to an activating group) is 1. The minimum absolute atomic E-state index is 0.468. The van der Waals surface area contributed by atoms with Crippen LogP contribution in [0, 0.1) is 0 Å². The first-order chi connectivity index (χ1) is 9.74. The second-order valence-corrected chi connectivity index (χ2v) is 6.88. The summed E-state index contributed by atoms with van der Waals surface area (Å²) in [6.07, 6.45) is 6.18. The second kappa shape index (κ2) is 6.73. The summed E-state index contributed by atoms with van der Waals surface area (Å²) in [5, 5.41) is 3.60. The van der Waals surface area contributed by atoms with Gasteiger partial charge in [0.1, 0.15) is 0 Å². The van der Waals surface area contributed by atoms with Gasteiger partial charge in [0, 0.05) is 44.8 Å². The maximum Gasteiger partial charge on any atom is 0.0707 e. The summed E-state index contributed by atoms with van der Waals surface area (Å²) >= 11 is 0. The van der Waals surface area contributed by atoms with Crippen molar-refractivity contribution in [2.45, 2.75) is 63.8 Å². The van der Waals surface area contributed by atoms with Gasteiger partial charge in [-0.1, -0.05) is 6.92 Å². The zero-order valence-electron chi connectivity index (χ0n) is 13.2. The van der Waals surface area contributed by atoms with Gasteiger partial charge in [0.25, 0.3) is 0 Å². The first kappa shape index (κ1) is 14.8. The summed E-state index contributed by atoms with van der Waals surface area (Å²) in [4.78, 5) is 5.19. The van der Waals surface area contributed by atoms with Crippen LogP contribution in [0.4, 0.5) is 0 Å². The second-order valence-electron chi connectivity index (χ2n) is 6.88. The lowest BCUT2D eigenvalue weighted by atomic mass is 10.1. The van der Waals surface area contributed by atoms with Gasteiger partial charge < -0.3 is 10.1 Å². The van der Waals surface area contributed by atoms with Crippen molar-refractivity contribution in [3.63, 3.8) is 0 Å². The van der Waals surface area contributed by atoms with Crippen LogP contribution in [-0.2, 0) is 4.74 Å². The summed E-state index contributed by atoms with van der Waals surface area (Å²) in [6.45, 7) is 11.7. The highest BCUT2D eigenvalue weighted by Crippen LogP contribution is 2.23. The molecule has 1 N–H and O–H groups in total. The molecule has 3 aliphatic rings. The molecule has 0 aromatic carbocycles. The van der Waals surface area contributed by atoms with Crippen molar-refractivity contribution in [1.82, 2.24) is 15.1 Å². The Kier molecular flexibility index (Phi) is 4.97. The van der Waals surface area contributed by atoms with Gasteiger partial charge in [-0.15, -0.1) is 0 Å². The van der Waals surface area contributed by atoms with Crippen LogP contribution in [0.3, 0.4) is 0 Å². The quantitative estimate of drug-likeness (QED) is 0.794. The van der Waals surface area contributed by atoms with E-state index >= 15 is 0 Å². The van der Waals surface area contributed by atoms with E-state index in [1.165, 1.54) is 51.9 Å². The zero-order valence-corrected chi connectivity index (χ0v) is 13.2. The van der Waals surface area contributed by atoms with Gasteiger partial charge in [-0.25, -0.2) is 0 Å². The number of nitrogens with zero attached hydrogens (tertiary/aromatic N) is 2. The van der Waals surface area contributed by atoms with Crippen molar-refractivity contribution in [3.8, 4) is 0 Å². The largest absolute Gasteiger partial charge is 0.372 e. The Labute approximate surface area is 123 Å².